The Bertz CT molecular complexity index is 722. The van der Waals surface area contributed by atoms with Gasteiger partial charge < -0.3 is 39.1 Å². The van der Waals surface area contributed by atoms with Gasteiger partial charge >= 0.3 is 12.1 Å². The van der Waals surface area contributed by atoms with E-state index in [-0.39, 0.29) is 12.3 Å². The lowest BCUT2D eigenvalue weighted by Gasteiger charge is -2.31. The Labute approximate surface area is 201 Å². The number of esters is 1. The van der Waals surface area contributed by atoms with E-state index in [2.05, 4.69) is 15.4 Å². The number of unbranched alkanes of at least 4 members (excludes halogenated alkanes) is 1. The van der Waals surface area contributed by atoms with Gasteiger partial charge in [-0.1, -0.05) is 6.42 Å². The highest BCUT2D eigenvalue weighted by atomic mass is 16.8. The van der Waals surface area contributed by atoms with Crippen molar-refractivity contribution in [3.8, 4) is 0 Å². The van der Waals surface area contributed by atoms with Crippen LogP contribution in [0.2, 0.25) is 0 Å². The first-order valence-corrected chi connectivity index (χ1v) is 11.7. The molecule has 11 nitrogen and oxygen atoms in total. The van der Waals surface area contributed by atoms with Crippen LogP contribution < -0.4 is 10.6 Å². The molecule has 0 unspecified atom stereocenters. The minimum Gasteiger partial charge on any atom is -0.467 e. The molecule has 2 aliphatic rings. The van der Waals surface area contributed by atoms with Gasteiger partial charge in [0.1, 0.15) is 30.0 Å². The third-order valence-corrected chi connectivity index (χ3v) is 5.50. The molecule has 0 aromatic carbocycles. The number of hydrogen-bond acceptors (Lipinski definition) is 9. The smallest absolute Gasteiger partial charge is 0.407 e. The van der Waals surface area contributed by atoms with Crippen molar-refractivity contribution in [1.82, 2.24) is 10.6 Å². The fraction of sp³-hybridized carbons (Fsp3) is 0.870. The van der Waals surface area contributed by atoms with E-state index in [4.69, 9.17) is 23.7 Å². The average molecular weight is 489 g/mol. The summed E-state index contributed by atoms with van der Waals surface area (Å²) in [6.45, 7) is 10.5. The molecule has 34 heavy (non-hydrogen) atoms. The highest BCUT2D eigenvalue weighted by Gasteiger charge is 2.57. The normalized spacial score (nSPS) is 27.4. The molecule has 2 fully saturated rings. The van der Waals surface area contributed by atoms with Gasteiger partial charge in [-0.2, -0.15) is 0 Å². The molecule has 6 atom stereocenters. The van der Waals surface area contributed by atoms with Crippen LogP contribution in [-0.2, 0) is 38.0 Å². The first kappa shape index (κ1) is 28.3. The van der Waals surface area contributed by atoms with Gasteiger partial charge in [0.05, 0.1) is 13.2 Å². The molecule has 2 heterocycles. The molecule has 2 saturated heterocycles. The number of nitrogens with one attached hydrogen (secondary N) is 2. The fourth-order valence-electron chi connectivity index (χ4n) is 4.07. The summed E-state index contributed by atoms with van der Waals surface area (Å²) in [6.07, 6.45) is -0.717. The van der Waals surface area contributed by atoms with Gasteiger partial charge in [-0.25, -0.2) is 9.59 Å². The third-order valence-electron chi connectivity index (χ3n) is 5.50. The van der Waals surface area contributed by atoms with Crippen LogP contribution in [0.25, 0.3) is 0 Å². The quantitative estimate of drug-likeness (QED) is 0.350. The second-order valence-corrected chi connectivity index (χ2v) is 10.1. The molecule has 0 spiro atoms. The average Bonchev–Trinajstić information content (AvgIpc) is 3.19. The highest BCUT2D eigenvalue weighted by Crippen LogP contribution is 2.40. The molecule has 11 heteroatoms. The number of carbonyl (C=O) groups excluding carboxylic acids is 3. The van der Waals surface area contributed by atoms with Crippen LogP contribution in [0.15, 0.2) is 0 Å². The van der Waals surface area contributed by atoms with Crippen molar-refractivity contribution in [2.45, 2.75) is 115 Å². The molecule has 2 aliphatic heterocycles. The molecule has 0 aliphatic carbocycles. The summed E-state index contributed by atoms with van der Waals surface area (Å²) >= 11 is 0. The third kappa shape index (κ3) is 8.07. The van der Waals surface area contributed by atoms with Gasteiger partial charge in [-0.15, -0.1) is 0 Å². The predicted molar refractivity (Wildman–Crippen MR) is 121 cm³/mol. The fourth-order valence-corrected chi connectivity index (χ4v) is 4.07. The Morgan fingerprint density at radius 2 is 1.74 bits per heavy atom. The molecule has 2 N–H and O–H groups in total. The number of fused-ring (bicyclic) bond motifs is 1. The maximum Gasteiger partial charge on any atom is 0.407 e. The van der Waals surface area contributed by atoms with Crippen molar-refractivity contribution >= 4 is 18.0 Å². The number of rotatable bonds is 10. The molecule has 196 valence electrons. The molecular weight excluding hydrogens is 448 g/mol. The van der Waals surface area contributed by atoms with Crippen molar-refractivity contribution in [2.75, 3.05) is 14.2 Å². The van der Waals surface area contributed by atoms with E-state index in [9.17, 15) is 14.4 Å². The Balaban J connectivity index is 1.98. The van der Waals surface area contributed by atoms with E-state index in [0.717, 1.165) is 0 Å². The summed E-state index contributed by atoms with van der Waals surface area (Å²) in [5.41, 5.74) is -0.660. The van der Waals surface area contributed by atoms with Gasteiger partial charge in [0.25, 0.3) is 0 Å². The number of alkyl carbamates (subject to hydrolysis) is 1. The summed E-state index contributed by atoms with van der Waals surface area (Å²) < 4.78 is 33.6. The first-order chi connectivity index (χ1) is 15.8. The van der Waals surface area contributed by atoms with E-state index in [0.29, 0.717) is 19.3 Å². The summed E-state index contributed by atoms with van der Waals surface area (Å²) in [6, 6.07) is -1.17. The number of hydrogen-bond donors (Lipinski definition) is 2. The van der Waals surface area contributed by atoms with Gasteiger partial charge in [-0.05, 0) is 54.4 Å². The van der Waals surface area contributed by atoms with Crippen LogP contribution in [0.1, 0.15) is 67.2 Å². The Morgan fingerprint density at radius 3 is 2.32 bits per heavy atom. The zero-order chi connectivity index (χ0) is 25.7. The number of carbonyl (C=O) groups is 3. The summed E-state index contributed by atoms with van der Waals surface area (Å²) in [4.78, 5) is 36.1. The van der Waals surface area contributed by atoms with Gasteiger partial charge in [0.2, 0.25) is 5.91 Å². The second kappa shape index (κ2) is 11.7. The minimum atomic E-state index is -0.792. The Kier molecular flexibility index (Phi) is 9.70. The molecule has 2 rings (SSSR count). The van der Waals surface area contributed by atoms with E-state index >= 15 is 0 Å². The Hall–Kier alpha value is -1.95. The highest BCUT2D eigenvalue weighted by molar-refractivity contribution is 5.83. The van der Waals surface area contributed by atoms with Gasteiger partial charge in [0, 0.05) is 13.5 Å². The first-order valence-electron chi connectivity index (χ1n) is 11.7. The number of methoxy groups -OCH3 is 2. The Morgan fingerprint density at radius 1 is 1.06 bits per heavy atom. The molecule has 0 aromatic rings. The molecule has 0 bridgehead atoms. The lowest BCUT2D eigenvalue weighted by Crippen LogP contribution is -2.51. The van der Waals surface area contributed by atoms with E-state index in [1.165, 1.54) is 7.11 Å². The summed E-state index contributed by atoms with van der Waals surface area (Å²) in [5, 5.41) is 5.50. The van der Waals surface area contributed by atoms with E-state index < -0.39 is 60.1 Å². The molecule has 0 saturated carbocycles. The standard InChI is InChI=1S/C23H40N2O9/c1-13(19(27)30-8)24-15(26)12-10-9-11-14(25-21(28)34-22(2,3)4)16-17(29-7)18-20(31-16)33-23(5,6)32-18/h13-14,16-18,20H,9-12H2,1-8H3,(H,24,26)(H,25,28)/t13-,14-,16+,17-,18+,20+/m0/s1. The summed E-state index contributed by atoms with van der Waals surface area (Å²) in [7, 11) is 2.84. The summed E-state index contributed by atoms with van der Waals surface area (Å²) in [5.74, 6) is -1.54. The minimum absolute atomic E-state index is 0.228. The lowest BCUT2D eigenvalue weighted by molar-refractivity contribution is -0.219. The van der Waals surface area contributed by atoms with Crippen LogP contribution in [0.3, 0.4) is 0 Å². The van der Waals surface area contributed by atoms with Crippen molar-refractivity contribution in [1.29, 1.82) is 0 Å². The topological polar surface area (TPSA) is 131 Å². The molecule has 2 amide bonds. The zero-order valence-electron chi connectivity index (χ0n) is 21.5. The number of ether oxygens (including phenoxy) is 6. The van der Waals surface area contributed by atoms with Crippen molar-refractivity contribution in [2.24, 2.45) is 0 Å². The van der Waals surface area contributed by atoms with Crippen molar-refractivity contribution < 1.29 is 42.8 Å². The van der Waals surface area contributed by atoms with Crippen LogP contribution in [0, 0.1) is 0 Å². The van der Waals surface area contributed by atoms with E-state index in [1.54, 1.807) is 48.7 Å². The predicted octanol–water partition coefficient (Wildman–Crippen LogP) is 2.01. The van der Waals surface area contributed by atoms with Crippen LogP contribution in [0.5, 0.6) is 0 Å². The van der Waals surface area contributed by atoms with Crippen molar-refractivity contribution in [3.05, 3.63) is 0 Å². The van der Waals surface area contributed by atoms with Crippen molar-refractivity contribution in [3.63, 3.8) is 0 Å². The molecule has 0 radical (unpaired) electrons. The van der Waals surface area contributed by atoms with Crippen LogP contribution in [0.4, 0.5) is 4.79 Å². The van der Waals surface area contributed by atoms with Gasteiger partial charge in [-0.3, -0.25) is 4.79 Å². The molecular formula is C23H40N2O9. The number of amides is 2. The zero-order valence-corrected chi connectivity index (χ0v) is 21.5. The molecule has 0 aromatic heterocycles. The van der Waals surface area contributed by atoms with E-state index in [1.807, 2.05) is 0 Å². The second-order valence-electron chi connectivity index (χ2n) is 10.1. The van der Waals surface area contributed by atoms with Crippen LogP contribution >= 0.6 is 0 Å². The monoisotopic (exact) mass is 488 g/mol. The SMILES string of the molecule is COC(=O)[C@H](C)NC(=O)CCCC[C@H](NC(=O)OC(C)(C)C)[C@H]1O[C@@H]2OC(C)(C)O[C@@H]2[C@H]1OC. The maximum absolute atomic E-state index is 12.5. The largest absolute Gasteiger partial charge is 0.467 e. The van der Waals surface area contributed by atoms with Crippen LogP contribution in [-0.4, -0.2) is 80.3 Å². The maximum atomic E-state index is 12.5. The lowest BCUT2D eigenvalue weighted by atomic mass is 9.98. The van der Waals surface area contributed by atoms with Gasteiger partial charge in [0.15, 0.2) is 12.1 Å².